The molecule has 0 aliphatic rings. The zero-order chi connectivity index (χ0) is 14.4. The molecule has 110 valence electrons. The molecule has 0 aromatic carbocycles. The minimum atomic E-state index is -4.16. The molecular formula is C10H25O6PSi. The second-order valence-corrected chi connectivity index (χ2v) is 9.54. The molecule has 6 nitrogen and oxygen atoms in total. The zero-order valence-corrected chi connectivity index (χ0v) is 13.7. The maximum Gasteiger partial charge on any atom is 0.507 e. The monoisotopic (exact) mass is 300 g/mol. The van der Waals surface area contributed by atoms with Crippen LogP contribution < -0.4 is 0 Å². The third-order valence-electron chi connectivity index (χ3n) is 2.43. The Hall–Kier alpha value is 0.247. The molecule has 0 spiro atoms. The first kappa shape index (κ1) is 18.2. The SMILES string of the molecule is CCO[Si](OCC)(OCC)C(C)(C)CP(=O)(O)O. The fourth-order valence-corrected chi connectivity index (χ4v) is 6.88. The molecule has 0 aromatic rings. The summed E-state index contributed by atoms with van der Waals surface area (Å²) < 4.78 is 28.3. The van der Waals surface area contributed by atoms with Crippen molar-refractivity contribution >= 4 is 16.4 Å². The number of rotatable bonds is 9. The molecule has 0 unspecified atom stereocenters. The number of hydrogen-bond acceptors (Lipinski definition) is 4. The van der Waals surface area contributed by atoms with E-state index in [1.807, 2.05) is 20.8 Å². The van der Waals surface area contributed by atoms with E-state index in [0.717, 1.165) is 0 Å². The van der Waals surface area contributed by atoms with Crippen molar-refractivity contribution < 1.29 is 27.6 Å². The van der Waals surface area contributed by atoms with Gasteiger partial charge in [0, 0.05) is 24.9 Å². The van der Waals surface area contributed by atoms with Crippen LogP contribution in [0, 0.1) is 0 Å². The van der Waals surface area contributed by atoms with Crippen molar-refractivity contribution in [3.8, 4) is 0 Å². The van der Waals surface area contributed by atoms with Crippen molar-refractivity contribution in [2.24, 2.45) is 0 Å². The zero-order valence-electron chi connectivity index (χ0n) is 11.8. The van der Waals surface area contributed by atoms with Gasteiger partial charge in [0.1, 0.15) is 0 Å². The predicted molar refractivity (Wildman–Crippen MR) is 71.6 cm³/mol. The van der Waals surface area contributed by atoms with Crippen molar-refractivity contribution in [3.05, 3.63) is 0 Å². The summed E-state index contributed by atoms with van der Waals surface area (Å²) in [5.74, 6) is 0. The molecule has 2 N–H and O–H groups in total. The molecule has 0 heterocycles. The van der Waals surface area contributed by atoms with Crippen LogP contribution >= 0.6 is 7.60 Å². The molecule has 0 radical (unpaired) electrons. The Balaban J connectivity index is 5.29. The first-order chi connectivity index (χ1) is 8.14. The van der Waals surface area contributed by atoms with Crippen LogP contribution in [0.25, 0.3) is 0 Å². The molecule has 0 aliphatic carbocycles. The average Bonchev–Trinajstić information content (AvgIpc) is 2.14. The quantitative estimate of drug-likeness (QED) is 0.500. The third kappa shape index (κ3) is 5.09. The molecule has 18 heavy (non-hydrogen) atoms. The summed E-state index contributed by atoms with van der Waals surface area (Å²) in [7, 11) is -7.29. The summed E-state index contributed by atoms with van der Waals surface area (Å²) in [5, 5.41) is -0.839. The molecule has 0 rings (SSSR count). The van der Waals surface area contributed by atoms with Crippen LogP contribution in [0.15, 0.2) is 0 Å². The highest BCUT2D eigenvalue weighted by Crippen LogP contribution is 2.51. The van der Waals surface area contributed by atoms with Gasteiger partial charge in [-0.25, -0.2) is 0 Å². The van der Waals surface area contributed by atoms with Crippen LogP contribution in [0.2, 0.25) is 5.04 Å². The Bertz CT molecular complexity index is 273. The summed E-state index contributed by atoms with van der Waals surface area (Å²) in [4.78, 5) is 18.4. The molecule has 0 fully saturated rings. The fourth-order valence-electron chi connectivity index (χ4n) is 1.89. The maximum atomic E-state index is 11.3. The lowest BCUT2D eigenvalue weighted by Gasteiger charge is -2.40. The molecule has 0 saturated heterocycles. The normalized spacial score (nSPS) is 13.9. The van der Waals surface area contributed by atoms with Crippen LogP contribution in [0.5, 0.6) is 0 Å². The van der Waals surface area contributed by atoms with E-state index in [-0.39, 0.29) is 6.16 Å². The smallest absolute Gasteiger partial charge is 0.373 e. The second kappa shape index (κ2) is 7.14. The number of hydrogen-bond donors (Lipinski definition) is 2. The Kier molecular flexibility index (Phi) is 7.24. The topological polar surface area (TPSA) is 85.2 Å². The summed E-state index contributed by atoms with van der Waals surface area (Å²) in [6, 6.07) is 0. The Morgan fingerprint density at radius 1 is 1.00 bits per heavy atom. The molecule has 0 aromatic heterocycles. The highest BCUT2D eigenvalue weighted by atomic mass is 31.2. The highest BCUT2D eigenvalue weighted by molar-refractivity contribution is 7.52. The van der Waals surface area contributed by atoms with Crippen molar-refractivity contribution in [3.63, 3.8) is 0 Å². The summed E-state index contributed by atoms with van der Waals surface area (Å²) in [6.45, 7) is 10.0. The summed E-state index contributed by atoms with van der Waals surface area (Å²) in [6.07, 6.45) is -0.313. The average molecular weight is 300 g/mol. The van der Waals surface area contributed by atoms with Crippen molar-refractivity contribution in [1.82, 2.24) is 0 Å². The van der Waals surface area contributed by atoms with Crippen LogP contribution in [-0.4, -0.2) is 44.6 Å². The largest absolute Gasteiger partial charge is 0.507 e. The molecule has 0 aliphatic heterocycles. The van der Waals surface area contributed by atoms with Gasteiger partial charge in [-0.3, -0.25) is 4.57 Å². The fraction of sp³-hybridized carbons (Fsp3) is 1.00. The van der Waals surface area contributed by atoms with E-state index < -0.39 is 21.4 Å². The van der Waals surface area contributed by atoms with Gasteiger partial charge in [-0.05, 0) is 20.8 Å². The van der Waals surface area contributed by atoms with Crippen molar-refractivity contribution in [1.29, 1.82) is 0 Å². The lowest BCUT2D eigenvalue weighted by Crippen LogP contribution is -2.55. The van der Waals surface area contributed by atoms with Gasteiger partial charge in [0.2, 0.25) is 0 Å². The molecule has 0 amide bonds. The standard InChI is InChI=1S/C10H25O6PSi/c1-6-14-18(15-7-2,16-8-3)10(4,5)9-17(11,12)13/h6-9H2,1-5H3,(H2,11,12,13). The lowest BCUT2D eigenvalue weighted by atomic mass is 10.2. The Labute approximate surface area is 110 Å². The third-order valence-corrected chi connectivity index (χ3v) is 7.77. The molecular weight excluding hydrogens is 275 g/mol. The minimum absolute atomic E-state index is 0.313. The summed E-state index contributed by atoms with van der Waals surface area (Å²) >= 11 is 0. The Morgan fingerprint density at radius 2 is 1.33 bits per heavy atom. The van der Waals surface area contributed by atoms with Gasteiger partial charge in [-0.1, -0.05) is 13.8 Å². The van der Waals surface area contributed by atoms with Gasteiger partial charge in [-0.2, -0.15) is 0 Å². The van der Waals surface area contributed by atoms with Gasteiger partial charge in [-0.15, -0.1) is 0 Å². The van der Waals surface area contributed by atoms with E-state index in [1.165, 1.54) is 0 Å². The van der Waals surface area contributed by atoms with E-state index >= 15 is 0 Å². The van der Waals surface area contributed by atoms with Crippen LogP contribution in [0.3, 0.4) is 0 Å². The van der Waals surface area contributed by atoms with Gasteiger partial charge in [0.25, 0.3) is 0 Å². The first-order valence-electron chi connectivity index (χ1n) is 6.10. The van der Waals surface area contributed by atoms with Gasteiger partial charge >= 0.3 is 16.4 Å². The lowest BCUT2D eigenvalue weighted by molar-refractivity contribution is 0.0505. The minimum Gasteiger partial charge on any atom is -0.373 e. The Morgan fingerprint density at radius 3 is 1.56 bits per heavy atom. The molecule has 0 atom stereocenters. The van der Waals surface area contributed by atoms with E-state index in [2.05, 4.69) is 0 Å². The van der Waals surface area contributed by atoms with Gasteiger partial charge < -0.3 is 23.1 Å². The van der Waals surface area contributed by atoms with E-state index in [9.17, 15) is 14.4 Å². The van der Waals surface area contributed by atoms with Gasteiger partial charge in [0.15, 0.2) is 0 Å². The highest BCUT2D eigenvalue weighted by Gasteiger charge is 2.57. The summed E-state index contributed by atoms with van der Waals surface area (Å²) in [5.41, 5.74) is 0. The molecule has 0 bridgehead atoms. The predicted octanol–water partition coefficient (Wildman–Crippen LogP) is 1.99. The van der Waals surface area contributed by atoms with Crippen molar-refractivity contribution in [2.75, 3.05) is 26.0 Å². The van der Waals surface area contributed by atoms with Crippen LogP contribution in [0.1, 0.15) is 34.6 Å². The van der Waals surface area contributed by atoms with Crippen LogP contribution in [-0.2, 0) is 17.8 Å². The van der Waals surface area contributed by atoms with Crippen LogP contribution in [0.4, 0.5) is 0 Å². The first-order valence-corrected chi connectivity index (χ1v) is 9.62. The van der Waals surface area contributed by atoms with E-state index in [0.29, 0.717) is 19.8 Å². The van der Waals surface area contributed by atoms with Crippen molar-refractivity contribution in [2.45, 2.75) is 39.7 Å². The molecule has 0 saturated carbocycles. The molecule has 8 heteroatoms. The van der Waals surface area contributed by atoms with E-state index in [4.69, 9.17) is 13.3 Å². The van der Waals surface area contributed by atoms with E-state index in [1.54, 1.807) is 13.8 Å². The second-order valence-electron chi connectivity index (χ2n) is 4.56. The van der Waals surface area contributed by atoms with Gasteiger partial charge in [0.05, 0.1) is 6.16 Å². The maximum absolute atomic E-state index is 11.3.